The molecule has 1 N–H and O–H groups in total. The molecule has 162 valence electrons. The summed E-state index contributed by atoms with van der Waals surface area (Å²) in [6.07, 6.45) is 5.21. The molecule has 2 amide bonds. The Morgan fingerprint density at radius 2 is 1.73 bits per heavy atom. The fourth-order valence-electron chi connectivity index (χ4n) is 3.52. The highest BCUT2D eigenvalue weighted by Crippen LogP contribution is 2.32. The number of hydrogen-bond acceptors (Lipinski definition) is 5. The molecule has 0 spiro atoms. The van der Waals surface area contributed by atoms with E-state index in [-0.39, 0.29) is 23.4 Å². The standard InChI is InChI=1S/C23H31N3O3S/c1-16(26-20(28)15-30-21(26)14-19(27)23(2,3)4)22(29)24-17-8-10-18(11-9-17)25-12-6-5-7-13-25/h8-11,14,16H,5-7,12-13,15H2,1-4H3,(H,24,29)/b21-14-/t16-/m1/s1. The minimum absolute atomic E-state index is 0.0643. The highest BCUT2D eigenvalue weighted by atomic mass is 32.2. The van der Waals surface area contributed by atoms with E-state index in [1.54, 1.807) is 6.92 Å². The minimum atomic E-state index is -0.701. The Bertz CT molecular complexity index is 836. The molecule has 7 heteroatoms. The van der Waals surface area contributed by atoms with Crippen molar-refractivity contribution in [1.82, 2.24) is 4.90 Å². The van der Waals surface area contributed by atoms with Crippen molar-refractivity contribution < 1.29 is 14.4 Å². The van der Waals surface area contributed by atoms with Gasteiger partial charge in [0.15, 0.2) is 5.78 Å². The molecule has 2 aliphatic heterocycles. The van der Waals surface area contributed by atoms with Crippen molar-refractivity contribution in [2.24, 2.45) is 5.41 Å². The van der Waals surface area contributed by atoms with E-state index in [1.807, 2.05) is 45.0 Å². The Hall–Kier alpha value is -2.28. The zero-order valence-electron chi connectivity index (χ0n) is 18.2. The third-order valence-electron chi connectivity index (χ3n) is 5.47. The van der Waals surface area contributed by atoms with Gasteiger partial charge in [0.05, 0.1) is 10.8 Å². The summed E-state index contributed by atoms with van der Waals surface area (Å²) in [5.74, 6) is -0.252. The molecule has 0 unspecified atom stereocenters. The lowest BCUT2D eigenvalue weighted by Gasteiger charge is -2.29. The van der Waals surface area contributed by atoms with Gasteiger partial charge in [0, 0.05) is 36.0 Å². The Morgan fingerprint density at radius 3 is 2.33 bits per heavy atom. The van der Waals surface area contributed by atoms with Crippen LogP contribution in [0.5, 0.6) is 0 Å². The van der Waals surface area contributed by atoms with Crippen molar-refractivity contribution in [2.75, 3.05) is 29.1 Å². The summed E-state index contributed by atoms with van der Waals surface area (Å²) in [6, 6.07) is 7.14. The molecule has 1 aromatic rings. The molecule has 2 heterocycles. The second kappa shape index (κ2) is 9.25. The molecule has 2 fully saturated rings. The van der Waals surface area contributed by atoms with Crippen molar-refractivity contribution in [3.63, 3.8) is 0 Å². The van der Waals surface area contributed by atoms with Crippen LogP contribution in [-0.4, -0.2) is 47.4 Å². The summed E-state index contributed by atoms with van der Waals surface area (Å²) in [5.41, 5.74) is 1.33. The zero-order chi connectivity index (χ0) is 21.9. The molecule has 6 nitrogen and oxygen atoms in total. The summed E-state index contributed by atoms with van der Waals surface area (Å²) in [5, 5.41) is 3.45. The van der Waals surface area contributed by atoms with Gasteiger partial charge in [-0.3, -0.25) is 19.3 Å². The van der Waals surface area contributed by atoms with Gasteiger partial charge in [-0.2, -0.15) is 0 Å². The van der Waals surface area contributed by atoms with Crippen LogP contribution in [0.3, 0.4) is 0 Å². The first-order valence-electron chi connectivity index (χ1n) is 10.5. The molecule has 30 heavy (non-hydrogen) atoms. The third-order valence-corrected chi connectivity index (χ3v) is 6.47. The first-order valence-corrected chi connectivity index (χ1v) is 11.5. The van der Waals surface area contributed by atoms with Gasteiger partial charge in [-0.15, -0.1) is 0 Å². The van der Waals surface area contributed by atoms with Gasteiger partial charge in [0.25, 0.3) is 0 Å². The van der Waals surface area contributed by atoms with Crippen molar-refractivity contribution in [3.8, 4) is 0 Å². The fraction of sp³-hybridized carbons (Fsp3) is 0.522. The largest absolute Gasteiger partial charge is 0.372 e. The molecule has 0 radical (unpaired) electrons. The summed E-state index contributed by atoms with van der Waals surface area (Å²) >= 11 is 1.30. The number of nitrogens with one attached hydrogen (secondary N) is 1. The maximum absolute atomic E-state index is 12.8. The number of carbonyl (C=O) groups is 3. The summed E-state index contributed by atoms with van der Waals surface area (Å²) < 4.78 is 0. The van der Waals surface area contributed by atoms with Crippen molar-refractivity contribution in [2.45, 2.75) is 53.0 Å². The Morgan fingerprint density at radius 1 is 1.10 bits per heavy atom. The molecule has 0 saturated carbocycles. The number of benzene rings is 1. The Balaban J connectivity index is 1.67. The van der Waals surface area contributed by atoms with Gasteiger partial charge < -0.3 is 10.2 Å². The SMILES string of the molecule is C[C@H](C(=O)Nc1ccc(N2CCCCC2)cc1)N1C(=O)CS/C1=C\C(=O)C(C)(C)C. The molecule has 2 aliphatic rings. The third kappa shape index (κ3) is 5.25. The van der Waals surface area contributed by atoms with Gasteiger partial charge >= 0.3 is 0 Å². The van der Waals surface area contributed by atoms with E-state index in [9.17, 15) is 14.4 Å². The van der Waals surface area contributed by atoms with Crippen LogP contribution in [0.15, 0.2) is 35.4 Å². The molecule has 0 bridgehead atoms. The number of piperidine rings is 1. The molecule has 0 aliphatic carbocycles. The van der Waals surface area contributed by atoms with Crippen LogP contribution in [0, 0.1) is 5.41 Å². The van der Waals surface area contributed by atoms with Crippen LogP contribution in [0.4, 0.5) is 11.4 Å². The highest BCUT2D eigenvalue weighted by molar-refractivity contribution is 8.04. The van der Waals surface area contributed by atoms with Crippen molar-refractivity contribution in [1.29, 1.82) is 0 Å². The van der Waals surface area contributed by atoms with E-state index >= 15 is 0 Å². The van der Waals surface area contributed by atoms with E-state index in [4.69, 9.17) is 0 Å². The highest BCUT2D eigenvalue weighted by Gasteiger charge is 2.35. The maximum Gasteiger partial charge on any atom is 0.247 e. The van der Waals surface area contributed by atoms with E-state index in [2.05, 4.69) is 10.2 Å². The van der Waals surface area contributed by atoms with Crippen molar-refractivity contribution in [3.05, 3.63) is 35.4 Å². The second-order valence-electron chi connectivity index (χ2n) is 8.91. The number of amides is 2. The average Bonchev–Trinajstić information content (AvgIpc) is 3.08. The van der Waals surface area contributed by atoms with Crippen LogP contribution in [-0.2, 0) is 14.4 Å². The predicted molar refractivity (Wildman–Crippen MR) is 122 cm³/mol. The number of nitrogens with zero attached hydrogens (tertiary/aromatic N) is 2. The topological polar surface area (TPSA) is 69.7 Å². The smallest absolute Gasteiger partial charge is 0.247 e. The van der Waals surface area contributed by atoms with Gasteiger partial charge in [0.2, 0.25) is 11.8 Å². The Kier molecular flexibility index (Phi) is 6.91. The van der Waals surface area contributed by atoms with Crippen LogP contribution < -0.4 is 10.2 Å². The van der Waals surface area contributed by atoms with E-state index in [0.29, 0.717) is 10.7 Å². The van der Waals surface area contributed by atoms with Crippen LogP contribution in [0.25, 0.3) is 0 Å². The van der Waals surface area contributed by atoms with Gasteiger partial charge in [-0.05, 0) is 50.5 Å². The summed E-state index contributed by atoms with van der Waals surface area (Å²) in [4.78, 5) is 41.4. The van der Waals surface area contributed by atoms with Gasteiger partial charge in [0.1, 0.15) is 6.04 Å². The number of thioether (sulfide) groups is 1. The Labute approximate surface area is 183 Å². The summed E-state index contributed by atoms with van der Waals surface area (Å²) in [6.45, 7) is 9.34. The molecular formula is C23H31N3O3S. The number of anilines is 2. The fourth-order valence-corrected chi connectivity index (χ4v) is 4.52. The first-order chi connectivity index (χ1) is 14.2. The lowest BCUT2D eigenvalue weighted by Crippen LogP contribution is -2.42. The first kappa shape index (κ1) is 22.4. The molecule has 0 aromatic heterocycles. The quantitative estimate of drug-likeness (QED) is 0.716. The van der Waals surface area contributed by atoms with Gasteiger partial charge in [-0.25, -0.2) is 0 Å². The van der Waals surface area contributed by atoms with Gasteiger partial charge in [-0.1, -0.05) is 32.5 Å². The number of ketones is 1. The predicted octanol–water partition coefficient (Wildman–Crippen LogP) is 4.04. The number of rotatable bonds is 5. The molecular weight excluding hydrogens is 398 g/mol. The van der Waals surface area contributed by atoms with Crippen molar-refractivity contribution >= 4 is 40.7 Å². The molecule has 3 rings (SSSR count). The normalized spacial score (nSPS) is 19.9. The second-order valence-corrected chi connectivity index (χ2v) is 9.90. The maximum atomic E-state index is 12.8. The van der Waals surface area contributed by atoms with E-state index < -0.39 is 11.5 Å². The number of allylic oxidation sites excluding steroid dienone is 1. The molecule has 2 saturated heterocycles. The molecule has 1 atom stereocenters. The van der Waals surface area contributed by atoms with E-state index in [0.717, 1.165) is 18.8 Å². The van der Waals surface area contributed by atoms with Crippen LogP contribution >= 0.6 is 11.8 Å². The average molecular weight is 430 g/mol. The minimum Gasteiger partial charge on any atom is -0.372 e. The van der Waals surface area contributed by atoms with E-state index in [1.165, 1.54) is 42.0 Å². The van der Waals surface area contributed by atoms with Crippen LogP contribution in [0.2, 0.25) is 0 Å². The number of hydrogen-bond donors (Lipinski definition) is 1. The zero-order valence-corrected chi connectivity index (χ0v) is 19.1. The number of carbonyl (C=O) groups excluding carboxylic acids is 3. The van der Waals surface area contributed by atoms with Crippen LogP contribution in [0.1, 0.15) is 47.0 Å². The lowest BCUT2D eigenvalue weighted by atomic mass is 9.91. The molecule has 1 aromatic carbocycles. The lowest BCUT2D eigenvalue weighted by molar-refractivity contribution is -0.132. The summed E-state index contributed by atoms with van der Waals surface area (Å²) in [7, 11) is 0. The monoisotopic (exact) mass is 429 g/mol.